The first kappa shape index (κ1) is 23.1. The van der Waals surface area contributed by atoms with Crippen LogP contribution < -0.4 is 4.90 Å². The maximum Gasteiger partial charge on any atom is 0.243 e. The summed E-state index contributed by atoms with van der Waals surface area (Å²) in [6.45, 7) is 10.3. The molecule has 0 spiro atoms. The number of anilines is 1. The Morgan fingerprint density at radius 1 is 1.10 bits per heavy atom. The molecule has 1 aromatic carbocycles. The van der Waals surface area contributed by atoms with Gasteiger partial charge in [-0.05, 0) is 24.7 Å². The second kappa shape index (κ2) is 9.67. The van der Waals surface area contributed by atoms with E-state index in [-0.39, 0.29) is 29.0 Å². The minimum absolute atomic E-state index is 0.0622. The highest BCUT2D eigenvalue weighted by Crippen LogP contribution is 2.37. The molecule has 1 fully saturated rings. The zero-order valence-electron chi connectivity index (χ0n) is 17.8. The highest BCUT2D eigenvalue weighted by molar-refractivity contribution is 8.00. The lowest BCUT2D eigenvalue weighted by atomic mass is 10.2. The van der Waals surface area contributed by atoms with E-state index >= 15 is 0 Å². The standard InChI is InChI=1S/C20H30N4O4S2/c1-4-21-9-11-22(12-10-21)19(25)14-24-17-13-16(30(27,28)23(5-2)6-3)7-8-18(17)29-15-20(24)26/h7-8,13H,4-6,9-12,14-15H2,1-3H3. The van der Waals surface area contributed by atoms with Gasteiger partial charge in [-0.15, -0.1) is 11.8 Å². The normalized spacial score (nSPS) is 18.1. The van der Waals surface area contributed by atoms with Gasteiger partial charge in [0.2, 0.25) is 21.8 Å². The number of carbonyl (C=O) groups is 2. The SMILES string of the molecule is CCN1CCN(C(=O)CN2C(=O)CSc3ccc(S(=O)(=O)N(CC)CC)cc32)CC1. The van der Waals surface area contributed by atoms with E-state index in [1.165, 1.54) is 27.0 Å². The van der Waals surface area contributed by atoms with E-state index in [1.807, 2.05) is 0 Å². The summed E-state index contributed by atoms with van der Waals surface area (Å²) in [5, 5.41) is 0. The Labute approximate surface area is 183 Å². The molecule has 2 heterocycles. The molecule has 0 radical (unpaired) electrons. The summed E-state index contributed by atoms with van der Waals surface area (Å²) in [6.07, 6.45) is 0. The number of thioether (sulfide) groups is 1. The summed E-state index contributed by atoms with van der Waals surface area (Å²) in [4.78, 5) is 32.0. The molecule has 0 aliphatic carbocycles. The van der Waals surface area contributed by atoms with Crippen molar-refractivity contribution in [3.05, 3.63) is 18.2 Å². The van der Waals surface area contributed by atoms with Gasteiger partial charge < -0.3 is 14.7 Å². The van der Waals surface area contributed by atoms with Crippen molar-refractivity contribution in [2.24, 2.45) is 0 Å². The van der Waals surface area contributed by atoms with Crippen LogP contribution in [0.1, 0.15) is 20.8 Å². The number of piperazine rings is 1. The van der Waals surface area contributed by atoms with Crippen LogP contribution in [0.15, 0.2) is 28.0 Å². The minimum Gasteiger partial charge on any atom is -0.339 e. The van der Waals surface area contributed by atoms with Gasteiger partial charge in [-0.3, -0.25) is 9.59 Å². The molecule has 1 saturated heterocycles. The van der Waals surface area contributed by atoms with Gasteiger partial charge >= 0.3 is 0 Å². The van der Waals surface area contributed by atoms with E-state index < -0.39 is 10.0 Å². The first-order valence-corrected chi connectivity index (χ1v) is 12.8. The van der Waals surface area contributed by atoms with Crippen LogP contribution in [0.2, 0.25) is 0 Å². The molecule has 8 nitrogen and oxygen atoms in total. The van der Waals surface area contributed by atoms with Crippen LogP contribution in [0, 0.1) is 0 Å². The molecule has 10 heteroatoms. The third-order valence-corrected chi connectivity index (χ3v) is 8.78. The lowest BCUT2D eigenvalue weighted by Gasteiger charge is -2.36. The van der Waals surface area contributed by atoms with E-state index in [0.717, 1.165) is 24.5 Å². The van der Waals surface area contributed by atoms with Crippen molar-refractivity contribution in [3.63, 3.8) is 0 Å². The quantitative estimate of drug-likeness (QED) is 0.618. The fraction of sp³-hybridized carbons (Fsp3) is 0.600. The first-order chi connectivity index (χ1) is 14.3. The first-order valence-electron chi connectivity index (χ1n) is 10.4. The maximum absolute atomic E-state index is 12.9. The number of carbonyl (C=O) groups excluding carboxylic acids is 2. The average molecular weight is 455 g/mol. The van der Waals surface area contributed by atoms with E-state index in [9.17, 15) is 18.0 Å². The van der Waals surface area contributed by atoms with Gasteiger partial charge in [0.1, 0.15) is 6.54 Å². The number of sulfonamides is 1. The van der Waals surface area contributed by atoms with Gasteiger partial charge in [-0.25, -0.2) is 8.42 Å². The van der Waals surface area contributed by atoms with Crippen LogP contribution in [0.4, 0.5) is 5.69 Å². The van der Waals surface area contributed by atoms with E-state index in [1.54, 1.807) is 30.9 Å². The van der Waals surface area contributed by atoms with Crippen molar-refractivity contribution < 1.29 is 18.0 Å². The number of rotatable bonds is 7. The van der Waals surface area contributed by atoms with Gasteiger partial charge in [0.05, 0.1) is 16.3 Å². The molecular formula is C20H30N4O4S2. The van der Waals surface area contributed by atoms with Crippen molar-refractivity contribution in [1.29, 1.82) is 0 Å². The van der Waals surface area contributed by atoms with Crippen molar-refractivity contribution in [2.75, 3.05) is 63.0 Å². The number of hydrogen-bond acceptors (Lipinski definition) is 6. The summed E-state index contributed by atoms with van der Waals surface area (Å²) < 4.78 is 27.3. The molecule has 1 aromatic rings. The molecular weight excluding hydrogens is 424 g/mol. The van der Waals surface area contributed by atoms with E-state index in [4.69, 9.17) is 0 Å². The lowest BCUT2D eigenvalue weighted by molar-refractivity contribution is -0.132. The maximum atomic E-state index is 12.9. The van der Waals surface area contributed by atoms with Gasteiger partial charge in [0, 0.05) is 44.2 Å². The number of amides is 2. The molecule has 0 N–H and O–H groups in total. The van der Waals surface area contributed by atoms with Gasteiger partial charge in [-0.1, -0.05) is 20.8 Å². The van der Waals surface area contributed by atoms with Crippen LogP contribution in [-0.4, -0.2) is 92.4 Å². The summed E-state index contributed by atoms with van der Waals surface area (Å²) in [7, 11) is -3.65. The lowest BCUT2D eigenvalue weighted by Crippen LogP contribution is -2.52. The Kier molecular flexibility index (Phi) is 7.43. The zero-order valence-corrected chi connectivity index (χ0v) is 19.5. The fourth-order valence-corrected chi connectivity index (χ4v) is 6.17. The molecule has 30 heavy (non-hydrogen) atoms. The van der Waals surface area contributed by atoms with Crippen LogP contribution in [0.5, 0.6) is 0 Å². The van der Waals surface area contributed by atoms with Crippen molar-refractivity contribution >= 4 is 39.3 Å². The predicted octanol–water partition coefficient (Wildman–Crippen LogP) is 1.32. The van der Waals surface area contributed by atoms with Crippen LogP contribution >= 0.6 is 11.8 Å². The Hall–Kier alpha value is -1.62. The molecule has 0 bridgehead atoms. The zero-order chi connectivity index (χ0) is 21.9. The highest BCUT2D eigenvalue weighted by atomic mass is 32.2. The minimum atomic E-state index is -3.65. The third-order valence-electron chi connectivity index (χ3n) is 5.68. The van der Waals surface area contributed by atoms with Gasteiger partial charge in [-0.2, -0.15) is 4.31 Å². The predicted molar refractivity (Wildman–Crippen MR) is 118 cm³/mol. The smallest absolute Gasteiger partial charge is 0.243 e. The van der Waals surface area contributed by atoms with Crippen LogP contribution in [0.3, 0.4) is 0 Å². The van der Waals surface area contributed by atoms with E-state index in [2.05, 4.69) is 11.8 Å². The second-order valence-corrected chi connectivity index (χ2v) is 10.3. The molecule has 0 atom stereocenters. The number of nitrogens with zero attached hydrogens (tertiary/aromatic N) is 4. The summed E-state index contributed by atoms with van der Waals surface area (Å²) >= 11 is 1.37. The summed E-state index contributed by atoms with van der Waals surface area (Å²) in [5.74, 6) is -0.0362. The summed E-state index contributed by atoms with van der Waals surface area (Å²) in [5.41, 5.74) is 0.505. The largest absolute Gasteiger partial charge is 0.339 e. The molecule has 0 aromatic heterocycles. The Morgan fingerprint density at radius 2 is 1.77 bits per heavy atom. The number of fused-ring (bicyclic) bond motifs is 1. The van der Waals surface area contributed by atoms with Crippen LogP contribution in [-0.2, 0) is 19.6 Å². The Balaban J connectivity index is 1.84. The van der Waals surface area contributed by atoms with Crippen LogP contribution in [0.25, 0.3) is 0 Å². The Bertz CT molecular complexity index is 894. The fourth-order valence-electron chi connectivity index (χ4n) is 3.78. The van der Waals surface area contributed by atoms with Crippen molar-refractivity contribution in [3.8, 4) is 0 Å². The number of hydrogen-bond donors (Lipinski definition) is 0. The molecule has 3 rings (SSSR count). The molecule has 0 unspecified atom stereocenters. The highest BCUT2D eigenvalue weighted by Gasteiger charge is 2.31. The molecule has 0 saturated carbocycles. The van der Waals surface area contributed by atoms with Crippen molar-refractivity contribution in [1.82, 2.24) is 14.1 Å². The Morgan fingerprint density at radius 3 is 2.37 bits per heavy atom. The van der Waals surface area contributed by atoms with Gasteiger partial charge in [0.15, 0.2) is 0 Å². The summed E-state index contributed by atoms with van der Waals surface area (Å²) in [6, 6.07) is 4.86. The molecule has 2 aliphatic heterocycles. The third kappa shape index (κ3) is 4.66. The average Bonchev–Trinajstić information content (AvgIpc) is 2.76. The number of likely N-dealkylation sites (N-methyl/N-ethyl adjacent to an activating group) is 1. The molecule has 166 valence electrons. The topological polar surface area (TPSA) is 81.2 Å². The molecule has 2 aliphatic rings. The second-order valence-electron chi connectivity index (χ2n) is 7.30. The van der Waals surface area contributed by atoms with Gasteiger partial charge in [0.25, 0.3) is 0 Å². The number of benzene rings is 1. The molecule has 2 amide bonds. The van der Waals surface area contributed by atoms with E-state index in [0.29, 0.717) is 31.9 Å². The van der Waals surface area contributed by atoms with Crippen molar-refractivity contribution in [2.45, 2.75) is 30.6 Å². The monoisotopic (exact) mass is 454 g/mol.